The maximum atomic E-state index is 12.3. The van der Waals surface area contributed by atoms with E-state index in [1.807, 2.05) is 43.3 Å². The number of fused-ring (bicyclic) bond motifs is 1. The van der Waals surface area contributed by atoms with E-state index in [1.165, 1.54) is 0 Å². The van der Waals surface area contributed by atoms with Gasteiger partial charge >= 0.3 is 0 Å². The van der Waals surface area contributed by atoms with Crippen LogP contribution >= 0.6 is 0 Å². The molecule has 0 fully saturated rings. The van der Waals surface area contributed by atoms with Crippen molar-refractivity contribution in [2.75, 3.05) is 0 Å². The number of H-pyrrole nitrogens is 1. The van der Waals surface area contributed by atoms with Crippen LogP contribution in [0.1, 0.15) is 27.3 Å². The predicted octanol–water partition coefficient (Wildman–Crippen LogP) is 2.80. The minimum Gasteiger partial charge on any atom is -0.366 e. The summed E-state index contributed by atoms with van der Waals surface area (Å²) in [5.74, 6) is -0.243. The number of nitrogens with two attached hydrogens (primary N) is 1. The van der Waals surface area contributed by atoms with E-state index in [0.717, 1.165) is 16.5 Å². The number of hydrogen-bond donors (Lipinski definition) is 2. The minimum absolute atomic E-state index is 0.227. The fourth-order valence-corrected chi connectivity index (χ4v) is 3.32. The Hall–Kier alpha value is -3.74. The van der Waals surface area contributed by atoms with Gasteiger partial charge in [0.05, 0.1) is 11.4 Å². The van der Waals surface area contributed by atoms with Crippen LogP contribution in [0.4, 0.5) is 0 Å². The first-order valence-corrected chi connectivity index (χ1v) is 8.83. The number of carbonyl (C=O) groups excluding carboxylic acids is 1. The zero-order chi connectivity index (χ0) is 20.0. The van der Waals surface area contributed by atoms with E-state index in [4.69, 9.17) is 5.73 Å². The molecule has 0 saturated carbocycles. The molecular weight excluding hydrogens is 354 g/mol. The van der Waals surface area contributed by atoms with E-state index >= 15 is 0 Å². The van der Waals surface area contributed by atoms with Gasteiger partial charge in [-0.3, -0.25) is 14.6 Å². The van der Waals surface area contributed by atoms with E-state index < -0.39 is 5.91 Å². The van der Waals surface area contributed by atoms with Gasteiger partial charge in [-0.1, -0.05) is 30.3 Å². The number of aryl methyl sites for hydroxylation is 2. The van der Waals surface area contributed by atoms with Crippen LogP contribution in [0.5, 0.6) is 0 Å². The number of benzene rings is 2. The zero-order valence-corrected chi connectivity index (χ0v) is 15.8. The number of aromatic amines is 1. The second kappa shape index (κ2) is 6.45. The first kappa shape index (κ1) is 17.7. The van der Waals surface area contributed by atoms with Gasteiger partial charge in [-0.25, -0.2) is 4.98 Å². The molecule has 0 aliphatic carbocycles. The molecule has 28 heavy (non-hydrogen) atoms. The van der Waals surface area contributed by atoms with Crippen LogP contribution in [0.2, 0.25) is 0 Å². The fraction of sp³-hybridized carbons (Fsp3) is 0.143. The first-order valence-electron chi connectivity index (χ1n) is 8.83. The van der Waals surface area contributed by atoms with Gasteiger partial charge in [-0.2, -0.15) is 9.78 Å². The van der Waals surface area contributed by atoms with Gasteiger partial charge < -0.3 is 5.73 Å². The molecule has 4 rings (SSSR count). The van der Waals surface area contributed by atoms with Gasteiger partial charge in [0.1, 0.15) is 0 Å². The van der Waals surface area contributed by atoms with Gasteiger partial charge in [0.15, 0.2) is 0 Å². The Bertz CT molecular complexity index is 1300. The zero-order valence-electron chi connectivity index (χ0n) is 15.8. The smallest absolute Gasteiger partial charge is 0.255 e. The Balaban J connectivity index is 2.09. The SMILES string of the molecule is Cc1cc(-c2c(C(N)=O)ccc3ccccc23)n(-c2nc(C)c(C)c(=O)[nH]2)n1. The summed E-state index contributed by atoms with van der Waals surface area (Å²) in [4.78, 5) is 31.7. The third kappa shape index (κ3) is 2.77. The summed E-state index contributed by atoms with van der Waals surface area (Å²) in [6, 6.07) is 13.2. The number of hydrogen-bond acceptors (Lipinski definition) is 4. The molecule has 0 spiro atoms. The van der Waals surface area contributed by atoms with Gasteiger partial charge in [0.25, 0.3) is 5.56 Å². The minimum atomic E-state index is -0.535. The Kier molecular flexibility index (Phi) is 4.07. The molecule has 0 radical (unpaired) electrons. The topological polar surface area (TPSA) is 107 Å². The molecule has 1 amide bonds. The molecule has 0 saturated heterocycles. The molecule has 2 aromatic carbocycles. The summed E-state index contributed by atoms with van der Waals surface area (Å²) in [5, 5.41) is 6.34. The molecule has 4 aromatic rings. The van der Waals surface area contributed by atoms with E-state index in [-0.39, 0.29) is 5.56 Å². The summed E-state index contributed by atoms with van der Waals surface area (Å²) >= 11 is 0. The highest BCUT2D eigenvalue weighted by atomic mass is 16.1. The molecule has 2 aromatic heterocycles. The number of rotatable bonds is 3. The largest absolute Gasteiger partial charge is 0.366 e. The Morgan fingerprint density at radius 1 is 1.11 bits per heavy atom. The van der Waals surface area contributed by atoms with Crippen molar-refractivity contribution in [2.24, 2.45) is 5.73 Å². The summed E-state index contributed by atoms with van der Waals surface area (Å²) in [5.41, 5.74) is 9.00. The lowest BCUT2D eigenvalue weighted by Gasteiger charge is -2.13. The van der Waals surface area contributed by atoms with Crippen molar-refractivity contribution in [1.29, 1.82) is 0 Å². The third-order valence-electron chi connectivity index (χ3n) is 4.87. The molecular formula is C21H19N5O2. The standard InChI is InChI=1S/C21H19N5O2/c1-11-10-17(26(25-11)21-23-13(3)12(2)20(28)24-21)18-15-7-5-4-6-14(15)8-9-16(18)19(22)27/h4-10H,1-3H3,(H2,22,27)(H,23,24,28). The van der Waals surface area contributed by atoms with E-state index in [2.05, 4.69) is 15.1 Å². The fourth-order valence-electron chi connectivity index (χ4n) is 3.32. The van der Waals surface area contributed by atoms with Crippen LogP contribution in [0.3, 0.4) is 0 Å². The average molecular weight is 373 g/mol. The summed E-state index contributed by atoms with van der Waals surface area (Å²) < 4.78 is 1.55. The molecule has 0 aliphatic heterocycles. The van der Waals surface area contributed by atoms with Crippen molar-refractivity contribution in [2.45, 2.75) is 20.8 Å². The number of nitrogens with one attached hydrogen (secondary N) is 1. The van der Waals surface area contributed by atoms with Crippen LogP contribution in [0.15, 0.2) is 47.3 Å². The maximum absolute atomic E-state index is 12.3. The molecule has 7 heteroatoms. The van der Waals surface area contributed by atoms with Gasteiger partial charge in [0.2, 0.25) is 11.9 Å². The highest BCUT2D eigenvalue weighted by Crippen LogP contribution is 2.33. The third-order valence-corrected chi connectivity index (χ3v) is 4.87. The predicted molar refractivity (Wildman–Crippen MR) is 108 cm³/mol. The summed E-state index contributed by atoms with van der Waals surface area (Å²) in [7, 11) is 0. The van der Waals surface area contributed by atoms with Gasteiger partial charge in [-0.05, 0) is 43.7 Å². The number of primary amides is 1. The molecule has 0 atom stereocenters. The van der Waals surface area contributed by atoms with Crippen LogP contribution < -0.4 is 11.3 Å². The van der Waals surface area contributed by atoms with Crippen LogP contribution in [-0.4, -0.2) is 25.7 Å². The lowest BCUT2D eigenvalue weighted by Crippen LogP contribution is -2.19. The average Bonchev–Trinajstić information content (AvgIpc) is 3.06. The Morgan fingerprint density at radius 2 is 1.86 bits per heavy atom. The van der Waals surface area contributed by atoms with Crippen molar-refractivity contribution in [1.82, 2.24) is 19.7 Å². The molecule has 0 bridgehead atoms. The van der Waals surface area contributed by atoms with Crippen molar-refractivity contribution in [3.8, 4) is 17.2 Å². The molecule has 0 aliphatic rings. The first-order chi connectivity index (χ1) is 13.4. The van der Waals surface area contributed by atoms with Crippen LogP contribution in [-0.2, 0) is 0 Å². The monoisotopic (exact) mass is 373 g/mol. The highest BCUT2D eigenvalue weighted by molar-refractivity contribution is 6.09. The second-order valence-electron chi connectivity index (χ2n) is 6.76. The second-order valence-corrected chi connectivity index (χ2v) is 6.76. The molecule has 2 heterocycles. The quantitative estimate of drug-likeness (QED) is 0.576. The summed E-state index contributed by atoms with van der Waals surface area (Å²) in [6.07, 6.45) is 0. The number of aromatic nitrogens is 4. The Morgan fingerprint density at radius 3 is 2.57 bits per heavy atom. The van der Waals surface area contributed by atoms with E-state index in [0.29, 0.717) is 34.0 Å². The number of nitrogens with zero attached hydrogens (tertiary/aromatic N) is 3. The number of amides is 1. The van der Waals surface area contributed by atoms with Crippen molar-refractivity contribution in [3.05, 3.63) is 75.3 Å². The lowest BCUT2D eigenvalue weighted by molar-refractivity contribution is 0.100. The molecule has 140 valence electrons. The van der Waals surface area contributed by atoms with E-state index in [9.17, 15) is 9.59 Å². The maximum Gasteiger partial charge on any atom is 0.255 e. The summed E-state index contributed by atoms with van der Waals surface area (Å²) in [6.45, 7) is 5.33. The van der Waals surface area contributed by atoms with Crippen LogP contribution in [0.25, 0.3) is 28.0 Å². The van der Waals surface area contributed by atoms with Crippen molar-refractivity contribution < 1.29 is 4.79 Å². The van der Waals surface area contributed by atoms with E-state index in [1.54, 1.807) is 24.6 Å². The normalized spacial score (nSPS) is 11.1. The van der Waals surface area contributed by atoms with Gasteiger partial charge in [0, 0.05) is 22.4 Å². The van der Waals surface area contributed by atoms with Crippen molar-refractivity contribution in [3.63, 3.8) is 0 Å². The molecule has 7 nitrogen and oxygen atoms in total. The van der Waals surface area contributed by atoms with Crippen molar-refractivity contribution >= 4 is 16.7 Å². The van der Waals surface area contributed by atoms with Crippen LogP contribution in [0, 0.1) is 20.8 Å². The Labute approximate surface area is 160 Å². The van der Waals surface area contributed by atoms with Gasteiger partial charge in [-0.15, -0.1) is 0 Å². The molecule has 3 N–H and O–H groups in total. The highest BCUT2D eigenvalue weighted by Gasteiger charge is 2.20. The number of carbonyl (C=O) groups is 1. The molecule has 0 unspecified atom stereocenters. The lowest BCUT2D eigenvalue weighted by atomic mass is 9.96.